The Bertz CT molecular complexity index is 735. The Morgan fingerprint density at radius 3 is 2.76 bits per heavy atom. The van der Waals surface area contributed by atoms with Crippen LogP contribution in [0.25, 0.3) is 0 Å². The molecule has 25 heavy (non-hydrogen) atoms. The minimum absolute atomic E-state index is 0.106. The van der Waals surface area contributed by atoms with Crippen LogP contribution in [0.5, 0.6) is 0 Å². The first-order chi connectivity index (χ1) is 12.1. The summed E-state index contributed by atoms with van der Waals surface area (Å²) in [5.41, 5.74) is 0.656. The SMILES string of the molecule is Cc1ccc(CN2CCC3(CC[C@@H]3NC(=O)c3cnccn3)CC2)o1. The second-order valence-electron chi connectivity index (χ2n) is 7.31. The fourth-order valence-corrected chi connectivity index (χ4v) is 4.12. The van der Waals surface area contributed by atoms with E-state index in [0.29, 0.717) is 5.69 Å². The number of aryl methyl sites for hydroxylation is 1. The van der Waals surface area contributed by atoms with Gasteiger partial charge in [-0.25, -0.2) is 4.98 Å². The van der Waals surface area contributed by atoms with Gasteiger partial charge in [-0.05, 0) is 63.2 Å². The predicted molar refractivity (Wildman–Crippen MR) is 92.9 cm³/mol. The molecular formula is C19H24N4O2. The average molecular weight is 340 g/mol. The third kappa shape index (κ3) is 3.31. The van der Waals surface area contributed by atoms with Crippen molar-refractivity contribution >= 4 is 5.91 Å². The Morgan fingerprint density at radius 2 is 2.16 bits per heavy atom. The van der Waals surface area contributed by atoms with Gasteiger partial charge in [-0.1, -0.05) is 0 Å². The summed E-state index contributed by atoms with van der Waals surface area (Å²) >= 11 is 0. The van der Waals surface area contributed by atoms with Gasteiger partial charge in [0.15, 0.2) is 0 Å². The summed E-state index contributed by atoms with van der Waals surface area (Å²) in [5, 5.41) is 3.18. The zero-order valence-electron chi connectivity index (χ0n) is 14.6. The van der Waals surface area contributed by atoms with Crippen molar-refractivity contribution in [2.24, 2.45) is 5.41 Å². The summed E-state index contributed by atoms with van der Waals surface area (Å²) in [6, 6.07) is 4.34. The molecule has 6 nitrogen and oxygen atoms in total. The summed E-state index contributed by atoms with van der Waals surface area (Å²) in [5.74, 6) is 1.90. The van der Waals surface area contributed by atoms with Crippen LogP contribution in [0.15, 0.2) is 35.1 Å². The molecule has 1 atom stereocenters. The summed E-state index contributed by atoms with van der Waals surface area (Å²) < 4.78 is 5.69. The molecule has 1 saturated carbocycles. The van der Waals surface area contributed by atoms with Crippen LogP contribution in [0.2, 0.25) is 0 Å². The second-order valence-corrected chi connectivity index (χ2v) is 7.31. The van der Waals surface area contributed by atoms with Crippen molar-refractivity contribution in [1.29, 1.82) is 0 Å². The zero-order valence-corrected chi connectivity index (χ0v) is 14.6. The lowest BCUT2D eigenvalue weighted by Gasteiger charge is -2.54. The van der Waals surface area contributed by atoms with Gasteiger partial charge < -0.3 is 9.73 Å². The molecule has 1 amide bonds. The third-order valence-corrected chi connectivity index (χ3v) is 5.80. The number of rotatable bonds is 4. The Labute approximate surface area is 147 Å². The van der Waals surface area contributed by atoms with E-state index in [0.717, 1.165) is 50.4 Å². The van der Waals surface area contributed by atoms with E-state index >= 15 is 0 Å². The van der Waals surface area contributed by atoms with E-state index in [2.05, 4.69) is 26.3 Å². The molecule has 3 heterocycles. The van der Waals surface area contributed by atoms with Crippen molar-refractivity contribution in [2.75, 3.05) is 13.1 Å². The summed E-state index contributed by atoms with van der Waals surface area (Å²) in [6.45, 7) is 4.96. The van der Waals surface area contributed by atoms with Gasteiger partial charge in [0, 0.05) is 18.4 Å². The maximum absolute atomic E-state index is 12.3. The highest BCUT2D eigenvalue weighted by Gasteiger charge is 2.48. The monoisotopic (exact) mass is 340 g/mol. The molecule has 4 rings (SSSR count). The van der Waals surface area contributed by atoms with Crippen molar-refractivity contribution < 1.29 is 9.21 Å². The van der Waals surface area contributed by atoms with Crippen molar-refractivity contribution in [3.8, 4) is 0 Å². The van der Waals surface area contributed by atoms with Crippen LogP contribution in [0.3, 0.4) is 0 Å². The molecule has 132 valence electrons. The number of piperidine rings is 1. The van der Waals surface area contributed by atoms with E-state index < -0.39 is 0 Å². The largest absolute Gasteiger partial charge is 0.465 e. The third-order valence-electron chi connectivity index (χ3n) is 5.80. The minimum atomic E-state index is -0.106. The first-order valence-electron chi connectivity index (χ1n) is 8.99. The molecular weight excluding hydrogens is 316 g/mol. The highest BCUT2D eigenvalue weighted by atomic mass is 16.3. The van der Waals surface area contributed by atoms with Gasteiger partial charge in [-0.2, -0.15) is 0 Å². The van der Waals surface area contributed by atoms with Gasteiger partial charge in [0.05, 0.1) is 12.7 Å². The van der Waals surface area contributed by atoms with Crippen molar-refractivity contribution in [3.05, 3.63) is 47.9 Å². The Morgan fingerprint density at radius 1 is 1.32 bits per heavy atom. The van der Waals surface area contributed by atoms with Crippen LogP contribution in [-0.2, 0) is 6.54 Å². The molecule has 0 radical (unpaired) electrons. The Kier molecular flexibility index (Phi) is 4.29. The number of carbonyl (C=O) groups excluding carboxylic acids is 1. The molecule has 0 bridgehead atoms. The highest BCUT2D eigenvalue weighted by Crippen LogP contribution is 2.49. The van der Waals surface area contributed by atoms with Gasteiger partial charge in [0.1, 0.15) is 17.2 Å². The van der Waals surface area contributed by atoms with Gasteiger partial charge in [0.2, 0.25) is 0 Å². The molecule has 2 aliphatic rings. The molecule has 1 N–H and O–H groups in total. The number of amides is 1. The number of hydrogen-bond donors (Lipinski definition) is 1. The zero-order chi connectivity index (χ0) is 17.3. The summed E-state index contributed by atoms with van der Waals surface area (Å²) in [6.07, 6.45) is 9.17. The molecule has 0 aromatic carbocycles. The molecule has 1 aliphatic carbocycles. The van der Waals surface area contributed by atoms with Crippen LogP contribution in [-0.4, -0.2) is 39.9 Å². The number of likely N-dealkylation sites (tertiary alicyclic amines) is 1. The summed E-state index contributed by atoms with van der Waals surface area (Å²) in [7, 11) is 0. The Hall–Kier alpha value is -2.21. The lowest BCUT2D eigenvalue weighted by atomic mass is 9.59. The molecule has 1 spiro atoms. The van der Waals surface area contributed by atoms with Crippen LogP contribution < -0.4 is 5.32 Å². The molecule has 1 saturated heterocycles. The first kappa shape index (κ1) is 16.3. The van der Waals surface area contributed by atoms with E-state index in [4.69, 9.17) is 4.42 Å². The highest BCUT2D eigenvalue weighted by molar-refractivity contribution is 5.92. The molecule has 2 aromatic heterocycles. The minimum Gasteiger partial charge on any atom is -0.465 e. The van der Waals surface area contributed by atoms with Gasteiger partial charge >= 0.3 is 0 Å². The van der Waals surface area contributed by atoms with E-state index in [1.165, 1.54) is 12.6 Å². The number of furan rings is 1. The normalized spacial score (nSPS) is 22.5. The first-order valence-corrected chi connectivity index (χ1v) is 8.99. The van der Waals surface area contributed by atoms with Crippen LogP contribution >= 0.6 is 0 Å². The maximum atomic E-state index is 12.3. The van der Waals surface area contributed by atoms with Crippen LogP contribution in [0, 0.1) is 12.3 Å². The lowest BCUT2D eigenvalue weighted by molar-refractivity contribution is -0.00861. The van der Waals surface area contributed by atoms with Gasteiger partial charge in [-0.3, -0.25) is 14.7 Å². The molecule has 2 aromatic rings. The average Bonchev–Trinajstić information content (AvgIpc) is 3.05. The topological polar surface area (TPSA) is 71.3 Å². The second kappa shape index (κ2) is 6.59. The fraction of sp³-hybridized carbons (Fsp3) is 0.526. The molecule has 1 aliphatic heterocycles. The van der Waals surface area contributed by atoms with Crippen molar-refractivity contribution in [1.82, 2.24) is 20.2 Å². The molecule has 6 heteroatoms. The molecule has 2 fully saturated rings. The molecule has 0 unspecified atom stereocenters. The quantitative estimate of drug-likeness (QED) is 0.926. The van der Waals surface area contributed by atoms with E-state index in [1.807, 2.05) is 13.0 Å². The van der Waals surface area contributed by atoms with Crippen LogP contribution in [0.4, 0.5) is 0 Å². The van der Waals surface area contributed by atoms with Crippen molar-refractivity contribution in [3.63, 3.8) is 0 Å². The van der Waals surface area contributed by atoms with Crippen LogP contribution in [0.1, 0.15) is 47.7 Å². The predicted octanol–water partition coefficient (Wildman–Crippen LogP) is 2.55. The number of hydrogen-bond acceptors (Lipinski definition) is 5. The maximum Gasteiger partial charge on any atom is 0.271 e. The van der Waals surface area contributed by atoms with Gasteiger partial charge in [-0.15, -0.1) is 0 Å². The fourth-order valence-electron chi connectivity index (χ4n) is 4.12. The van der Waals surface area contributed by atoms with Gasteiger partial charge in [0.25, 0.3) is 5.91 Å². The van der Waals surface area contributed by atoms with E-state index in [9.17, 15) is 4.79 Å². The summed E-state index contributed by atoms with van der Waals surface area (Å²) in [4.78, 5) is 22.9. The number of nitrogens with zero attached hydrogens (tertiary/aromatic N) is 3. The van der Waals surface area contributed by atoms with Crippen molar-refractivity contribution in [2.45, 2.75) is 45.2 Å². The lowest BCUT2D eigenvalue weighted by Crippen LogP contribution is -2.59. The standard InChI is InChI=1S/C19H24N4O2/c1-14-2-3-15(25-14)13-23-10-6-19(7-11-23)5-4-17(19)22-18(24)16-12-20-8-9-21-16/h2-3,8-9,12,17H,4-7,10-11,13H2,1H3,(H,22,24)/t17-/m0/s1. The number of nitrogens with one attached hydrogen (secondary N) is 1. The smallest absolute Gasteiger partial charge is 0.271 e. The number of carbonyl (C=O) groups is 1. The number of aromatic nitrogens is 2. The van der Waals surface area contributed by atoms with E-state index in [-0.39, 0.29) is 17.4 Å². The Balaban J connectivity index is 1.32. The van der Waals surface area contributed by atoms with E-state index in [1.54, 1.807) is 12.4 Å².